The number of carbonyl (C=O) groups is 2. The number of carbonyl (C=O) groups excluding carboxylic acids is 2. The van der Waals surface area contributed by atoms with Gasteiger partial charge in [-0.2, -0.15) is 0 Å². The summed E-state index contributed by atoms with van der Waals surface area (Å²) >= 11 is 0. The van der Waals surface area contributed by atoms with Crippen LogP contribution in [-0.4, -0.2) is 47.8 Å². The maximum atomic E-state index is 12.5. The number of nitrogens with zero attached hydrogens (tertiary/aromatic N) is 3. The Morgan fingerprint density at radius 3 is 2.63 bits per heavy atom. The number of likely N-dealkylation sites (tertiary alicyclic amines) is 1. The molecule has 0 bridgehead atoms. The van der Waals surface area contributed by atoms with Crippen LogP contribution < -0.4 is 10.5 Å². The molecule has 3 N–H and O–H groups in total. The number of rotatable bonds is 4. The molecular formula is C17H19N5O4S. The van der Waals surface area contributed by atoms with Crippen molar-refractivity contribution in [2.75, 3.05) is 18.4 Å². The number of nitrogens with two attached hydrogens (primary N) is 1. The Balaban J connectivity index is 1.36. The number of hydrogen-bond donors (Lipinski definition) is 2. The number of anilines is 1. The Kier molecular flexibility index (Phi) is 4.04. The zero-order chi connectivity index (χ0) is 19.2. The molecule has 4 rings (SSSR count). The molecule has 1 fully saturated rings. The second-order valence-electron chi connectivity index (χ2n) is 7.01. The minimum absolute atomic E-state index is 0.00351. The maximum absolute atomic E-state index is 12.5. The molecule has 1 aromatic carbocycles. The van der Waals surface area contributed by atoms with Crippen LogP contribution in [0.5, 0.6) is 0 Å². The van der Waals surface area contributed by atoms with Gasteiger partial charge in [0, 0.05) is 31.9 Å². The topological polar surface area (TPSA) is 127 Å². The van der Waals surface area contributed by atoms with E-state index in [0.717, 1.165) is 5.56 Å². The Labute approximate surface area is 156 Å². The number of hydrogen-bond acceptors (Lipinski definition) is 5. The van der Waals surface area contributed by atoms with Gasteiger partial charge >= 0.3 is 0 Å². The first-order valence-corrected chi connectivity index (χ1v) is 10.0. The van der Waals surface area contributed by atoms with Crippen molar-refractivity contribution in [1.82, 2.24) is 14.5 Å². The van der Waals surface area contributed by atoms with E-state index >= 15 is 0 Å². The lowest BCUT2D eigenvalue weighted by atomic mass is 9.84. The molecule has 3 heterocycles. The van der Waals surface area contributed by atoms with Crippen LogP contribution in [0.4, 0.5) is 5.95 Å². The van der Waals surface area contributed by atoms with Gasteiger partial charge in [-0.25, -0.2) is 18.5 Å². The molecule has 2 amide bonds. The first-order valence-electron chi connectivity index (χ1n) is 8.50. The normalized spacial score (nSPS) is 18.0. The third-order valence-electron chi connectivity index (χ3n) is 5.10. The lowest BCUT2D eigenvalue weighted by Gasteiger charge is -2.52. The van der Waals surface area contributed by atoms with Crippen molar-refractivity contribution >= 4 is 27.8 Å². The van der Waals surface area contributed by atoms with E-state index in [-0.39, 0.29) is 16.7 Å². The van der Waals surface area contributed by atoms with Crippen LogP contribution in [-0.2, 0) is 31.6 Å². The first kappa shape index (κ1) is 17.7. The monoisotopic (exact) mass is 389 g/mol. The summed E-state index contributed by atoms with van der Waals surface area (Å²) in [7, 11) is -3.71. The zero-order valence-electron chi connectivity index (χ0n) is 14.5. The van der Waals surface area contributed by atoms with E-state index < -0.39 is 15.6 Å². The fourth-order valence-corrected chi connectivity index (χ4v) is 4.21. The van der Waals surface area contributed by atoms with Gasteiger partial charge in [-0.15, -0.1) is 0 Å². The van der Waals surface area contributed by atoms with Crippen molar-refractivity contribution in [1.29, 1.82) is 0 Å². The molecule has 0 aliphatic carbocycles. The Morgan fingerprint density at radius 2 is 1.96 bits per heavy atom. The van der Waals surface area contributed by atoms with Gasteiger partial charge < -0.3 is 9.47 Å². The summed E-state index contributed by atoms with van der Waals surface area (Å²) in [5, 5.41) is 7.80. The Morgan fingerprint density at radius 1 is 1.26 bits per heavy atom. The summed E-state index contributed by atoms with van der Waals surface area (Å²) in [6.45, 7) is 0.958. The van der Waals surface area contributed by atoms with Crippen molar-refractivity contribution in [3.63, 3.8) is 0 Å². The number of aromatic nitrogens is 2. The minimum atomic E-state index is -3.71. The van der Waals surface area contributed by atoms with Crippen LogP contribution in [0.25, 0.3) is 0 Å². The third-order valence-corrected chi connectivity index (χ3v) is 6.02. The third kappa shape index (κ3) is 3.21. The van der Waals surface area contributed by atoms with Crippen molar-refractivity contribution < 1.29 is 18.0 Å². The summed E-state index contributed by atoms with van der Waals surface area (Å²) in [4.78, 5) is 30.3. The molecule has 0 saturated carbocycles. The van der Waals surface area contributed by atoms with Gasteiger partial charge in [-0.05, 0) is 24.1 Å². The van der Waals surface area contributed by atoms with Crippen molar-refractivity contribution in [3.8, 4) is 0 Å². The van der Waals surface area contributed by atoms with Gasteiger partial charge in [-0.3, -0.25) is 14.9 Å². The number of nitrogens with one attached hydrogen (secondary N) is 1. The lowest BCUT2D eigenvalue weighted by molar-refractivity contribution is -0.145. The Hall–Kier alpha value is -2.72. The molecule has 0 radical (unpaired) electrons. The van der Waals surface area contributed by atoms with Crippen LogP contribution in [0.1, 0.15) is 18.4 Å². The highest BCUT2D eigenvalue weighted by molar-refractivity contribution is 7.89. The molecule has 142 valence electrons. The molecule has 9 nitrogen and oxygen atoms in total. The lowest BCUT2D eigenvalue weighted by Crippen LogP contribution is -2.66. The van der Waals surface area contributed by atoms with E-state index in [0.29, 0.717) is 38.3 Å². The van der Waals surface area contributed by atoms with Crippen LogP contribution in [0.3, 0.4) is 0 Å². The Bertz CT molecular complexity index is 1010. The number of aryl methyl sites for hydroxylation is 1. The van der Waals surface area contributed by atoms with Gasteiger partial charge in [0.2, 0.25) is 27.8 Å². The first-order chi connectivity index (χ1) is 12.8. The zero-order valence-corrected chi connectivity index (χ0v) is 15.3. The number of primary sulfonamides is 1. The predicted molar refractivity (Wildman–Crippen MR) is 96.2 cm³/mol. The van der Waals surface area contributed by atoms with E-state index in [1.54, 1.807) is 23.2 Å². The minimum Gasteiger partial charge on any atom is -0.338 e. The standard InChI is InChI=1S/C17H19N5O4S/c18-27(25,26)13-4-1-12(2-5-13)3-6-15(24)21-10-17(11-21)9-14(23)20-16-19-7-8-22(16)17/h1-2,4-5,7-8H,3,6,9-11H2,(H2,18,25,26)(H,19,20,23). The molecule has 1 saturated heterocycles. The van der Waals surface area contributed by atoms with Crippen molar-refractivity contribution in [3.05, 3.63) is 42.2 Å². The van der Waals surface area contributed by atoms with Crippen LogP contribution in [0.2, 0.25) is 0 Å². The SMILES string of the molecule is NS(=O)(=O)c1ccc(CCC(=O)N2CC3(CC(=O)Nc4nccn43)C2)cc1. The molecule has 2 aliphatic heterocycles. The summed E-state index contributed by atoms with van der Waals surface area (Å²) in [6.07, 6.45) is 4.61. The summed E-state index contributed by atoms with van der Waals surface area (Å²) in [6, 6.07) is 6.20. The van der Waals surface area contributed by atoms with Gasteiger partial charge in [0.1, 0.15) is 0 Å². The quantitative estimate of drug-likeness (QED) is 0.763. The largest absolute Gasteiger partial charge is 0.338 e. The smallest absolute Gasteiger partial charge is 0.238 e. The van der Waals surface area contributed by atoms with Crippen LogP contribution in [0.15, 0.2) is 41.6 Å². The maximum Gasteiger partial charge on any atom is 0.238 e. The molecule has 2 aromatic rings. The number of amides is 2. The molecule has 0 atom stereocenters. The molecule has 1 spiro atoms. The molecule has 10 heteroatoms. The van der Waals surface area contributed by atoms with E-state index in [4.69, 9.17) is 5.14 Å². The predicted octanol–water partition coefficient (Wildman–Crippen LogP) is 0.0430. The highest BCUT2D eigenvalue weighted by atomic mass is 32.2. The fourth-order valence-electron chi connectivity index (χ4n) is 3.69. The van der Waals surface area contributed by atoms with E-state index in [9.17, 15) is 18.0 Å². The van der Waals surface area contributed by atoms with E-state index in [2.05, 4.69) is 10.3 Å². The van der Waals surface area contributed by atoms with Gasteiger partial charge in [0.25, 0.3) is 0 Å². The number of sulfonamides is 1. The second-order valence-corrected chi connectivity index (χ2v) is 8.57. The average molecular weight is 389 g/mol. The second kappa shape index (κ2) is 6.17. The van der Waals surface area contributed by atoms with Crippen LogP contribution >= 0.6 is 0 Å². The average Bonchev–Trinajstić information content (AvgIpc) is 3.05. The van der Waals surface area contributed by atoms with E-state index in [1.807, 2.05) is 10.8 Å². The molecule has 27 heavy (non-hydrogen) atoms. The number of fused-ring (bicyclic) bond motifs is 2. The van der Waals surface area contributed by atoms with E-state index in [1.165, 1.54) is 12.1 Å². The highest BCUT2D eigenvalue weighted by Gasteiger charge is 2.50. The van der Waals surface area contributed by atoms with Crippen molar-refractivity contribution in [2.45, 2.75) is 29.7 Å². The number of benzene rings is 1. The highest BCUT2D eigenvalue weighted by Crippen LogP contribution is 2.38. The molecule has 1 aromatic heterocycles. The molecule has 0 unspecified atom stereocenters. The number of imidazole rings is 1. The molecule has 2 aliphatic rings. The van der Waals surface area contributed by atoms with Gasteiger partial charge in [0.15, 0.2) is 0 Å². The fraction of sp³-hybridized carbons (Fsp3) is 0.353. The molecular weight excluding hydrogens is 370 g/mol. The van der Waals surface area contributed by atoms with Gasteiger partial charge in [-0.1, -0.05) is 12.1 Å². The summed E-state index contributed by atoms with van der Waals surface area (Å²) in [5.41, 5.74) is 0.459. The van der Waals surface area contributed by atoms with Crippen molar-refractivity contribution in [2.24, 2.45) is 5.14 Å². The van der Waals surface area contributed by atoms with Gasteiger partial charge in [0.05, 0.1) is 16.9 Å². The summed E-state index contributed by atoms with van der Waals surface area (Å²) in [5.74, 6) is 0.438. The van der Waals surface area contributed by atoms with Crippen LogP contribution in [0, 0.1) is 0 Å². The summed E-state index contributed by atoms with van der Waals surface area (Å²) < 4.78 is 24.5.